The zero-order valence-corrected chi connectivity index (χ0v) is 11.0. The molecule has 2 heterocycles. The van der Waals surface area contributed by atoms with Crippen LogP contribution in [-0.2, 0) is 9.53 Å². The maximum absolute atomic E-state index is 12.1. The van der Waals surface area contributed by atoms with Crippen molar-refractivity contribution in [3.63, 3.8) is 0 Å². The summed E-state index contributed by atoms with van der Waals surface area (Å²) < 4.78 is 7.36. The standard InChI is InChI=1S/C12H20N4O2/c1-3-18-10(2)12(17)15-6-4-11(5-7-15)16-8-13-14-9-16/h8-11H,3-7H2,1-2H3/t10-/m1/s1. The van der Waals surface area contributed by atoms with E-state index < -0.39 is 0 Å². The smallest absolute Gasteiger partial charge is 0.251 e. The number of nitrogens with zero attached hydrogens (tertiary/aromatic N) is 4. The number of hydrogen-bond donors (Lipinski definition) is 0. The molecule has 1 atom stereocenters. The molecule has 0 aromatic carbocycles. The molecule has 1 aromatic heterocycles. The quantitative estimate of drug-likeness (QED) is 0.797. The summed E-state index contributed by atoms with van der Waals surface area (Å²) in [5.74, 6) is 0.0963. The lowest BCUT2D eigenvalue weighted by Crippen LogP contribution is -2.44. The van der Waals surface area contributed by atoms with E-state index in [4.69, 9.17) is 4.74 Å². The summed E-state index contributed by atoms with van der Waals surface area (Å²) in [4.78, 5) is 13.9. The van der Waals surface area contributed by atoms with Gasteiger partial charge in [0.05, 0.1) is 0 Å². The van der Waals surface area contributed by atoms with Crippen LogP contribution in [0.3, 0.4) is 0 Å². The lowest BCUT2D eigenvalue weighted by molar-refractivity contribution is -0.143. The average molecular weight is 252 g/mol. The first-order valence-electron chi connectivity index (χ1n) is 6.47. The van der Waals surface area contributed by atoms with Crippen LogP contribution in [0.4, 0.5) is 0 Å². The van der Waals surface area contributed by atoms with Gasteiger partial charge in [0.1, 0.15) is 18.8 Å². The maximum atomic E-state index is 12.1. The number of carbonyl (C=O) groups is 1. The van der Waals surface area contributed by atoms with Crippen LogP contribution in [-0.4, -0.2) is 51.4 Å². The van der Waals surface area contributed by atoms with Gasteiger partial charge in [-0.3, -0.25) is 4.79 Å². The summed E-state index contributed by atoms with van der Waals surface area (Å²) >= 11 is 0. The van der Waals surface area contributed by atoms with Crippen molar-refractivity contribution < 1.29 is 9.53 Å². The van der Waals surface area contributed by atoms with Crippen LogP contribution in [0.2, 0.25) is 0 Å². The molecule has 1 amide bonds. The van der Waals surface area contributed by atoms with Crippen molar-refractivity contribution in [2.45, 2.75) is 38.8 Å². The molecule has 1 aromatic rings. The number of ether oxygens (including phenoxy) is 1. The van der Waals surface area contributed by atoms with E-state index >= 15 is 0 Å². The Kier molecular flexibility index (Phi) is 4.30. The number of hydrogen-bond acceptors (Lipinski definition) is 4. The van der Waals surface area contributed by atoms with E-state index in [2.05, 4.69) is 10.2 Å². The number of piperidine rings is 1. The highest BCUT2D eigenvalue weighted by Crippen LogP contribution is 2.22. The molecule has 1 aliphatic heterocycles. The number of rotatable bonds is 4. The highest BCUT2D eigenvalue weighted by molar-refractivity contribution is 5.80. The Morgan fingerprint density at radius 3 is 2.56 bits per heavy atom. The van der Waals surface area contributed by atoms with Gasteiger partial charge in [-0.2, -0.15) is 0 Å². The first-order valence-corrected chi connectivity index (χ1v) is 6.47. The third-order valence-corrected chi connectivity index (χ3v) is 3.40. The molecule has 0 spiro atoms. The summed E-state index contributed by atoms with van der Waals surface area (Å²) in [6, 6.07) is 0.409. The van der Waals surface area contributed by atoms with Gasteiger partial charge in [0.15, 0.2) is 0 Å². The molecule has 6 heteroatoms. The van der Waals surface area contributed by atoms with Gasteiger partial charge < -0.3 is 14.2 Å². The van der Waals surface area contributed by atoms with Gasteiger partial charge in [0, 0.05) is 25.7 Å². The number of carbonyl (C=O) groups excluding carboxylic acids is 1. The minimum atomic E-state index is -0.332. The van der Waals surface area contributed by atoms with E-state index in [0.717, 1.165) is 25.9 Å². The van der Waals surface area contributed by atoms with Gasteiger partial charge in [0.2, 0.25) is 0 Å². The minimum absolute atomic E-state index is 0.0963. The molecular formula is C12H20N4O2. The molecule has 0 saturated carbocycles. The van der Waals surface area contributed by atoms with Crippen molar-refractivity contribution in [3.8, 4) is 0 Å². The van der Waals surface area contributed by atoms with Crippen LogP contribution in [0, 0.1) is 0 Å². The molecule has 18 heavy (non-hydrogen) atoms. The molecule has 0 aliphatic carbocycles. The van der Waals surface area contributed by atoms with Crippen molar-refractivity contribution in [2.75, 3.05) is 19.7 Å². The van der Waals surface area contributed by atoms with Gasteiger partial charge in [-0.15, -0.1) is 10.2 Å². The summed E-state index contributed by atoms with van der Waals surface area (Å²) in [6.07, 6.45) is 5.04. The molecule has 100 valence electrons. The number of likely N-dealkylation sites (tertiary alicyclic amines) is 1. The molecule has 0 unspecified atom stereocenters. The molecule has 6 nitrogen and oxygen atoms in total. The fourth-order valence-electron chi connectivity index (χ4n) is 2.36. The molecule has 2 rings (SSSR count). The molecule has 0 N–H and O–H groups in total. The zero-order chi connectivity index (χ0) is 13.0. The SMILES string of the molecule is CCO[C@H](C)C(=O)N1CCC(n2cnnc2)CC1. The molecule has 1 fully saturated rings. The predicted octanol–water partition coefficient (Wildman–Crippen LogP) is 0.867. The molecular weight excluding hydrogens is 232 g/mol. The lowest BCUT2D eigenvalue weighted by atomic mass is 10.0. The normalized spacial score (nSPS) is 18.9. The second-order valence-electron chi connectivity index (χ2n) is 4.56. The van der Waals surface area contributed by atoms with Gasteiger partial charge in [-0.05, 0) is 26.7 Å². The van der Waals surface area contributed by atoms with Crippen molar-refractivity contribution >= 4 is 5.91 Å². The van der Waals surface area contributed by atoms with Crippen molar-refractivity contribution in [2.24, 2.45) is 0 Å². The molecule has 0 bridgehead atoms. The van der Waals surface area contributed by atoms with Crippen LogP contribution in [0.1, 0.15) is 32.7 Å². The Balaban J connectivity index is 1.85. The number of aromatic nitrogens is 3. The first kappa shape index (κ1) is 13.0. The van der Waals surface area contributed by atoms with Crippen molar-refractivity contribution in [1.82, 2.24) is 19.7 Å². The Morgan fingerprint density at radius 1 is 1.39 bits per heavy atom. The zero-order valence-electron chi connectivity index (χ0n) is 11.0. The van der Waals surface area contributed by atoms with Gasteiger partial charge in [0.25, 0.3) is 5.91 Å². The molecule has 1 saturated heterocycles. The van der Waals surface area contributed by atoms with E-state index in [1.54, 1.807) is 12.7 Å². The first-order chi connectivity index (χ1) is 8.72. The lowest BCUT2D eigenvalue weighted by Gasteiger charge is -2.33. The van der Waals surface area contributed by atoms with E-state index in [-0.39, 0.29) is 12.0 Å². The highest BCUT2D eigenvalue weighted by Gasteiger charge is 2.26. The fraction of sp³-hybridized carbons (Fsp3) is 0.750. The monoisotopic (exact) mass is 252 g/mol. The Hall–Kier alpha value is -1.43. The average Bonchev–Trinajstić information content (AvgIpc) is 2.92. The van der Waals surface area contributed by atoms with E-state index in [0.29, 0.717) is 12.6 Å². The summed E-state index contributed by atoms with van der Waals surface area (Å²) in [5, 5.41) is 7.63. The third kappa shape index (κ3) is 2.87. The van der Waals surface area contributed by atoms with Gasteiger partial charge in [-0.1, -0.05) is 0 Å². The predicted molar refractivity (Wildman–Crippen MR) is 66.0 cm³/mol. The second-order valence-corrected chi connectivity index (χ2v) is 4.56. The largest absolute Gasteiger partial charge is 0.369 e. The third-order valence-electron chi connectivity index (χ3n) is 3.40. The Bertz CT molecular complexity index is 371. The second kappa shape index (κ2) is 5.95. The van der Waals surface area contributed by atoms with E-state index in [1.165, 1.54) is 0 Å². The van der Waals surface area contributed by atoms with E-state index in [9.17, 15) is 4.79 Å². The van der Waals surface area contributed by atoms with Crippen LogP contribution in [0.5, 0.6) is 0 Å². The van der Waals surface area contributed by atoms with Gasteiger partial charge in [-0.25, -0.2) is 0 Å². The molecule has 0 radical (unpaired) electrons. The highest BCUT2D eigenvalue weighted by atomic mass is 16.5. The summed E-state index contributed by atoms with van der Waals surface area (Å²) in [5.41, 5.74) is 0. The van der Waals surface area contributed by atoms with Crippen molar-refractivity contribution in [3.05, 3.63) is 12.7 Å². The topological polar surface area (TPSA) is 60.2 Å². The van der Waals surface area contributed by atoms with Crippen LogP contribution < -0.4 is 0 Å². The number of amides is 1. The maximum Gasteiger partial charge on any atom is 0.251 e. The minimum Gasteiger partial charge on any atom is -0.369 e. The van der Waals surface area contributed by atoms with Gasteiger partial charge >= 0.3 is 0 Å². The van der Waals surface area contributed by atoms with Crippen LogP contribution in [0.15, 0.2) is 12.7 Å². The summed E-state index contributed by atoms with van der Waals surface area (Å²) in [6.45, 7) is 5.85. The van der Waals surface area contributed by atoms with Crippen molar-refractivity contribution in [1.29, 1.82) is 0 Å². The summed E-state index contributed by atoms with van der Waals surface area (Å²) in [7, 11) is 0. The Morgan fingerprint density at radius 2 is 2.00 bits per heavy atom. The Labute approximate surface area is 107 Å². The van der Waals surface area contributed by atoms with Crippen LogP contribution in [0.25, 0.3) is 0 Å². The molecule has 1 aliphatic rings. The fourth-order valence-corrected chi connectivity index (χ4v) is 2.36. The van der Waals surface area contributed by atoms with E-state index in [1.807, 2.05) is 23.3 Å². The van der Waals surface area contributed by atoms with Crippen LogP contribution >= 0.6 is 0 Å².